The molecule has 6 nitrogen and oxygen atoms in total. The minimum absolute atomic E-state index is 0.0102. The van der Waals surface area contributed by atoms with Gasteiger partial charge in [-0.15, -0.1) is 10.2 Å². The van der Waals surface area contributed by atoms with Crippen molar-refractivity contribution in [3.05, 3.63) is 17.8 Å². The number of rotatable bonds is 5. The predicted molar refractivity (Wildman–Crippen MR) is 86.1 cm³/mol. The highest BCUT2D eigenvalue weighted by atomic mass is 16.2. The molecule has 3 rings (SSSR count). The summed E-state index contributed by atoms with van der Waals surface area (Å²) in [6.07, 6.45) is 4.40. The van der Waals surface area contributed by atoms with Crippen LogP contribution in [0.25, 0.3) is 0 Å². The van der Waals surface area contributed by atoms with E-state index in [0.717, 1.165) is 51.4 Å². The minimum atomic E-state index is 0.0102. The monoisotopic (exact) mass is 303 g/mol. The number of hydrogen-bond donors (Lipinski definition) is 1. The maximum absolute atomic E-state index is 12.7. The first kappa shape index (κ1) is 15.2. The van der Waals surface area contributed by atoms with Crippen LogP contribution in [0, 0.1) is 0 Å². The van der Waals surface area contributed by atoms with Crippen LogP contribution in [0.3, 0.4) is 0 Å². The van der Waals surface area contributed by atoms with Gasteiger partial charge in [-0.2, -0.15) is 0 Å². The van der Waals surface area contributed by atoms with E-state index in [0.29, 0.717) is 5.69 Å². The predicted octanol–water partition coefficient (Wildman–Crippen LogP) is 1.29. The number of hydrogen-bond acceptors (Lipinski definition) is 5. The van der Waals surface area contributed by atoms with Crippen LogP contribution in [0.4, 0.5) is 5.82 Å². The number of carbonyl (C=O) groups is 1. The highest BCUT2D eigenvalue weighted by molar-refractivity contribution is 5.92. The zero-order chi connectivity index (χ0) is 15.4. The Bertz CT molecular complexity index is 492. The lowest BCUT2D eigenvalue weighted by atomic mass is 10.2. The Morgan fingerprint density at radius 3 is 2.77 bits per heavy atom. The van der Waals surface area contributed by atoms with Gasteiger partial charge in [-0.1, -0.05) is 6.92 Å². The molecule has 2 aliphatic rings. The van der Waals surface area contributed by atoms with Crippen LogP contribution < -0.4 is 10.2 Å². The lowest BCUT2D eigenvalue weighted by molar-refractivity contribution is 0.0685. The maximum Gasteiger partial charge on any atom is 0.274 e. The molecule has 2 fully saturated rings. The van der Waals surface area contributed by atoms with Crippen LogP contribution in [-0.4, -0.2) is 59.8 Å². The van der Waals surface area contributed by atoms with Crippen LogP contribution in [0.15, 0.2) is 12.1 Å². The molecule has 1 amide bonds. The van der Waals surface area contributed by atoms with E-state index in [2.05, 4.69) is 27.3 Å². The van der Waals surface area contributed by atoms with Gasteiger partial charge in [0.25, 0.3) is 5.91 Å². The molecule has 3 heterocycles. The van der Waals surface area contributed by atoms with Crippen molar-refractivity contribution in [3.8, 4) is 0 Å². The summed E-state index contributed by atoms with van der Waals surface area (Å²) in [5.41, 5.74) is 0.461. The summed E-state index contributed by atoms with van der Waals surface area (Å²) in [6.45, 7) is 6.82. The Morgan fingerprint density at radius 1 is 1.36 bits per heavy atom. The molecule has 2 aliphatic heterocycles. The number of aromatic nitrogens is 2. The Hall–Kier alpha value is -1.69. The standard InChI is InChI=1S/C16H25N5O/c1-2-9-21(13-7-8-17-12-13)16(22)14-5-6-15(19-18-14)20-10-3-4-11-20/h5-6,13,17H,2-4,7-12H2,1H3. The number of carbonyl (C=O) groups excluding carboxylic acids is 1. The summed E-state index contributed by atoms with van der Waals surface area (Å²) in [7, 11) is 0. The second-order valence-electron chi connectivity index (χ2n) is 6.12. The third kappa shape index (κ3) is 3.21. The van der Waals surface area contributed by atoms with Gasteiger partial charge in [-0.25, -0.2) is 0 Å². The number of nitrogens with one attached hydrogen (secondary N) is 1. The van der Waals surface area contributed by atoms with E-state index in [1.807, 2.05) is 17.0 Å². The first-order valence-corrected chi connectivity index (χ1v) is 8.40. The molecular weight excluding hydrogens is 278 g/mol. The van der Waals surface area contributed by atoms with Crippen LogP contribution in [0.5, 0.6) is 0 Å². The summed E-state index contributed by atoms with van der Waals surface area (Å²) in [5.74, 6) is 0.898. The van der Waals surface area contributed by atoms with E-state index in [1.54, 1.807) is 0 Å². The first-order chi connectivity index (χ1) is 10.8. The molecule has 1 unspecified atom stereocenters. The Kier molecular flexibility index (Phi) is 4.87. The number of anilines is 1. The van der Waals surface area contributed by atoms with Gasteiger partial charge in [-0.05, 0) is 44.4 Å². The summed E-state index contributed by atoms with van der Waals surface area (Å²) in [6, 6.07) is 4.05. The molecule has 6 heteroatoms. The van der Waals surface area contributed by atoms with Gasteiger partial charge >= 0.3 is 0 Å². The Morgan fingerprint density at radius 2 is 2.18 bits per heavy atom. The second kappa shape index (κ2) is 7.05. The van der Waals surface area contributed by atoms with Crippen molar-refractivity contribution in [3.63, 3.8) is 0 Å². The van der Waals surface area contributed by atoms with Crippen molar-refractivity contribution in [2.45, 2.75) is 38.6 Å². The highest BCUT2D eigenvalue weighted by Crippen LogP contribution is 2.18. The lowest BCUT2D eigenvalue weighted by Crippen LogP contribution is -2.42. The van der Waals surface area contributed by atoms with Crippen LogP contribution in [0.1, 0.15) is 43.1 Å². The normalized spacial score (nSPS) is 21.3. The average Bonchev–Trinajstić information content (AvgIpc) is 3.25. The van der Waals surface area contributed by atoms with Crippen molar-refractivity contribution >= 4 is 11.7 Å². The summed E-state index contributed by atoms with van der Waals surface area (Å²) < 4.78 is 0. The van der Waals surface area contributed by atoms with Crippen LogP contribution in [0.2, 0.25) is 0 Å². The van der Waals surface area contributed by atoms with Gasteiger partial charge in [0.15, 0.2) is 11.5 Å². The van der Waals surface area contributed by atoms with E-state index in [4.69, 9.17) is 0 Å². The van der Waals surface area contributed by atoms with E-state index >= 15 is 0 Å². The molecule has 0 aromatic carbocycles. The molecule has 1 aromatic rings. The van der Waals surface area contributed by atoms with Crippen LogP contribution >= 0.6 is 0 Å². The number of amides is 1. The minimum Gasteiger partial charge on any atom is -0.355 e. The van der Waals surface area contributed by atoms with Gasteiger partial charge in [0.05, 0.1) is 0 Å². The third-order valence-corrected chi connectivity index (χ3v) is 4.50. The maximum atomic E-state index is 12.7. The molecular formula is C16H25N5O. The highest BCUT2D eigenvalue weighted by Gasteiger charge is 2.27. The van der Waals surface area contributed by atoms with E-state index in [-0.39, 0.29) is 11.9 Å². The van der Waals surface area contributed by atoms with Crippen molar-refractivity contribution in [1.82, 2.24) is 20.4 Å². The van der Waals surface area contributed by atoms with E-state index < -0.39 is 0 Å². The van der Waals surface area contributed by atoms with Crippen molar-refractivity contribution in [2.24, 2.45) is 0 Å². The van der Waals surface area contributed by atoms with Crippen LogP contribution in [-0.2, 0) is 0 Å². The molecule has 2 saturated heterocycles. The van der Waals surface area contributed by atoms with Crippen molar-refractivity contribution in [2.75, 3.05) is 37.6 Å². The molecule has 1 atom stereocenters. The largest absolute Gasteiger partial charge is 0.355 e. The molecule has 0 radical (unpaired) electrons. The molecule has 1 N–H and O–H groups in total. The molecule has 0 aliphatic carbocycles. The van der Waals surface area contributed by atoms with Crippen molar-refractivity contribution in [1.29, 1.82) is 0 Å². The molecule has 0 spiro atoms. The SMILES string of the molecule is CCCN(C(=O)c1ccc(N2CCCC2)nn1)C1CCNC1. The molecule has 22 heavy (non-hydrogen) atoms. The quantitative estimate of drug-likeness (QED) is 0.888. The molecule has 120 valence electrons. The van der Waals surface area contributed by atoms with Gasteiger partial charge in [0, 0.05) is 32.2 Å². The molecule has 1 aromatic heterocycles. The Labute approximate surface area is 131 Å². The smallest absolute Gasteiger partial charge is 0.274 e. The van der Waals surface area contributed by atoms with Gasteiger partial charge < -0.3 is 15.1 Å². The lowest BCUT2D eigenvalue weighted by Gasteiger charge is -2.27. The summed E-state index contributed by atoms with van der Waals surface area (Å²) in [5, 5.41) is 11.8. The second-order valence-corrected chi connectivity index (χ2v) is 6.12. The van der Waals surface area contributed by atoms with Gasteiger partial charge in [0.2, 0.25) is 0 Å². The van der Waals surface area contributed by atoms with Crippen molar-refractivity contribution < 1.29 is 4.79 Å². The van der Waals surface area contributed by atoms with E-state index in [9.17, 15) is 4.79 Å². The fourth-order valence-corrected chi connectivity index (χ4v) is 3.30. The first-order valence-electron chi connectivity index (χ1n) is 8.40. The topological polar surface area (TPSA) is 61.4 Å². The zero-order valence-electron chi connectivity index (χ0n) is 13.3. The fourth-order valence-electron chi connectivity index (χ4n) is 3.30. The Balaban J connectivity index is 1.71. The van der Waals surface area contributed by atoms with E-state index in [1.165, 1.54) is 12.8 Å². The molecule has 0 bridgehead atoms. The summed E-state index contributed by atoms with van der Waals surface area (Å²) in [4.78, 5) is 16.9. The average molecular weight is 303 g/mol. The van der Waals surface area contributed by atoms with Gasteiger partial charge in [-0.3, -0.25) is 4.79 Å². The number of nitrogens with zero attached hydrogens (tertiary/aromatic N) is 4. The van der Waals surface area contributed by atoms with Gasteiger partial charge in [0.1, 0.15) is 0 Å². The third-order valence-electron chi connectivity index (χ3n) is 4.50. The zero-order valence-corrected chi connectivity index (χ0v) is 13.3. The fraction of sp³-hybridized carbons (Fsp3) is 0.688. The molecule has 0 saturated carbocycles. The summed E-state index contributed by atoms with van der Waals surface area (Å²) >= 11 is 0.